The minimum atomic E-state index is -0.770. The molecule has 3 nitrogen and oxygen atoms in total. The second-order valence-corrected chi connectivity index (χ2v) is 4.99. The number of amides is 1. The van der Waals surface area contributed by atoms with Crippen LogP contribution in [0.3, 0.4) is 0 Å². The summed E-state index contributed by atoms with van der Waals surface area (Å²) in [5, 5.41) is 8.77. The van der Waals surface area contributed by atoms with Crippen LogP contribution in [0.4, 0.5) is 20.2 Å². The van der Waals surface area contributed by atoms with Crippen LogP contribution < -0.4 is 10.6 Å². The van der Waals surface area contributed by atoms with E-state index in [1.807, 2.05) is 6.92 Å². The van der Waals surface area contributed by atoms with Crippen molar-refractivity contribution in [3.63, 3.8) is 0 Å². The molecule has 0 atom stereocenters. The number of nitrogens with one attached hydrogen (secondary N) is 2. The predicted octanol–water partition coefficient (Wildman–Crippen LogP) is 4.10. The van der Waals surface area contributed by atoms with Gasteiger partial charge in [0.15, 0.2) is 0 Å². The van der Waals surface area contributed by atoms with Crippen molar-refractivity contribution < 1.29 is 13.6 Å². The quantitative estimate of drug-likeness (QED) is 0.872. The van der Waals surface area contributed by atoms with Crippen LogP contribution in [-0.2, 0) is 0 Å². The van der Waals surface area contributed by atoms with Gasteiger partial charge in [-0.05, 0) is 30.0 Å². The normalized spacial score (nSPS) is 10.3. The molecule has 0 radical (unpaired) electrons. The van der Waals surface area contributed by atoms with Crippen LogP contribution in [0.15, 0.2) is 29.0 Å². The van der Waals surface area contributed by atoms with Gasteiger partial charge in [0.25, 0.3) is 5.91 Å². The summed E-state index contributed by atoms with van der Waals surface area (Å²) in [5.41, 5.74) is 0.362. The highest BCUT2D eigenvalue weighted by molar-refractivity contribution is 7.08. The van der Waals surface area contributed by atoms with Crippen LogP contribution in [0, 0.1) is 11.6 Å². The van der Waals surface area contributed by atoms with E-state index in [9.17, 15) is 13.6 Å². The summed E-state index contributed by atoms with van der Waals surface area (Å²) in [5.74, 6) is -2.08. The maximum absolute atomic E-state index is 13.8. The van der Waals surface area contributed by atoms with Crippen molar-refractivity contribution in [1.29, 1.82) is 0 Å². The van der Waals surface area contributed by atoms with Gasteiger partial charge in [-0.15, -0.1) is 0 Å². The number of anilines is 2. The Hall–Kier alpha value is -1.95. The van der Waals surface area contributed by atoms with Crippen LogP contribution in [0.5, 0.6) is 0 Å². The maximum atomic E-state index is 13.8. The van der Waals surface area contributed by atoms with E-state index in [-0.39, 0.29) is 11.3 Å². The highest BCUT2D eigenvalue weighted by atomic mass is 32.1. The van der Waals surface area contributed by atoms with E-state index in [1.54, 1.807) is 16.8 Å². The number of hydrogen-bond acceptors (Lipinski definition) is 3. The van der Waals surface area contributed by atoms with Crippen LogP contribution in [0.2, 0.25) is 0 Å². The Morgan fingerprint density at radius 2 is 2.00 bits per heavy atom. The molecule has 1 heterocycles. The van der Waals surface area contributed by atoms with E-state index in [0.717, 1.165) is 18.6 Å². The van der Waals surface area contributed by atoms with E-state index >= 15 is 0 Å². The van der Waals surface area contributed by atoms with Gasteiger partial charge in [0.05, 0.1) is 5.69 Å². The molecule has 0 aliphatic heterocycles. The summed E-state index contributed by atoms with van der Waals surface area (Å²) < 4.78 is 27.6. The number of thiophene rings is 1. The largest absolute Gasteiger partial charge is 0.380 e. The Morgan fingerprint density at radius 3 is 2.55 bits per heavy atom. The van der Waals surface area contributed by atoms with Gasteiger partial charge in [-0.25, -0.2) is 8.78 Å². The molecule has 0 bridgehead atoms. The van der Waals surface area contributed by atoms with E-state index < -0.39 is 17.5 Å². The summed E-state index contributed by atoms with van der Waals surface area (Å²) in [7, 11) is 0. The second kappa shape index (κ2) is 6.47. The number of carbonyl (C=O) groups excluding carboxylic acids is 1. The fourth-order valence-corrected chi connectivity index (χ4v) is 2.25. The van der Waals surface area contributed by atoms with Gasteiger partial charge in [-0.3, -0.25) is 4.79 Å². The predicted molar refractivity (Wildman–Crippen MR) is 77.4 cm³/mol. The summed E-state index contributed by atoms with van der Waals surface area (Å²) in [4.78, 5) is 11.9. The molecule has 0 unspecified atom stereocenters. The van der Waals surface area contributed by atoms with Gasteiger partial charge >= 0.3 is 0 Å². The number of hydrogen-bond donors (Lipinski definition) is 2. The molecule has 0 fully saturated rings. The van der Waals surface area contributed by atoms with Gasteiger partial charge in [0, 0.05) is 17.5 Å². The van der Waals surface area contributed by atoms with Crippen molar-refractivity contribution in [2.45, 2.75) is 13.3 Å². The number of carbonyl (C=O) groups is 1. The molecule has 0 saturated carbocycles. The fourth-order valence-electron chi connectivity index (χ4n) is 1.66. The van der Waals surface area contributed by atoms with E-state index in [1.165, 1.54) is 11.3 Å². The minimum Gasteiger partial charge on any atom is -0.380 e. The smallest absolute Gasteiger partial charge is 0.255 e. The van der Waals surface area contributed by atoms with Gasteiger partial charge in [0.2, 0.25) is 0 Å². The monoisotopic (exact) mass is 296 g/mol. The highest BCUT2D eigenvalue weighted by Crippen LogP contribution is 2.22. The average molecular weight is 296 g/mol. The van der Waals surface area contributed by atoms with Crippen LogP contribution in [0.1, 0.15) is 23.7 Å². The molecule has 1 aromatic carbocycles. The lowest BCUT2D eigenvalue weighted by molar-refractivity contribution is 0.102. The zero-order valence-electron chi connectivity index (χ0n) is 10.9. The fraction of sp³-hybridized carbons (Fsp3) is 0.214. The Morgan fingerprint density at radius 1 is 1.30 bits per heavy atom. The average Bonchev–Trinajstić information content (AvgIpc) is 2.90. The number of benzene rings is 1. The Kier molecular flexibility index (Phi) is 4.68. The molecular weight excluding hydrogens is 282 g/mol. The lowest BCUT2D eigenvalue weighted by atomic mass is 10.1. The van der Waals surface area contributed by atoms with Gasteiger partial charge in [-0.2, -0.15) is 11.3 Å². The number of rotatable bonds is 5. The van der Waals surface area contributed by atoms with Crippen molar-refractivity contribution in [1.82, 2.24) is 0 Å². The first kappa shape index (κ1) is 14.5. The highest BCUT2D eigenvalue weighted by Gasteiger charge is 2.15. The van der Waals surface area contributed by atoms with Crippen molar-refractivity contribution >= 4 is 28.6 Å². The van der Waals surface area contributed by atoms with E-state index in [4.69, 9.17) is 0 Å². The molecule has 6 heteroatoms. The lowest BCUT2D eigenvalue weighted by Gasteiger charge is -2.10. The molecule has 2 aromatic rings. The summed E-state index contributed by atoms with van der Waals surface area (Å²) in [6.45, 7) is 2.36. The summed E-state index contributed by atoms with van der Waals surface area (Å²) >= 11 is 1.42. The summed E-state index contributed by atoms with van der Waals surface area (Å²) in [6.07, 6.45) is 0.749. The lowest BCUT2D eigenvalue weighted by Crippen LogP contribution is -2.13. The SMILES string of the molecule is CCCNc1c(F)cc(C(=O)Nc2ccsc2)cc1F. The van der Waals surface area contributed by atoms with Crippen molar-refractivity contribution in [3.05, 3.63) is 46.2 Å². The van der Waals surface area contributed by atoms with E-state index in [0.29, 0.717) is 12.2 Å². The first-order chi connectivity index (χ1) is 9.61. The Labute approximate surface area is 119 Å². The maximum Gasteiger partial charge on any atom is 0.255 e. The summed E-state index contributed by atoms with van der Waals surface area (Å²) in [6, 6.07) is 3.78. The Bertz CT molecular complexity index is 576. The third-order valence-electron chi connectivity index (χ3n) is 2.64. The van der Waals surface area contributed by atoms with Crippen molar-refractivity contribution in [3.8, 4) is 0 Å². The zero-order chi connectivity index (χ0) is 14.5. The van der Waals surface area contributed by atoms with Gasteiger partial charge < -0.3 is 10.6 Å². The van der Waals surface area contributed by atoms with E-state index in [2.05, 4.69) is 10.6 Å². The molecule has 1 amide bonds. The zero-order valence-corrected chi connectivity index (χ0v) is 11.7. The first-order valence-corrected chi connectivity index (χ1v) is 7.12. The van der Waals surface area contributed by atoms with Crippen LogP contribution >= 0.6 is 11.3 Å². The van der Waals surface area contributed by atoms with Crippen molar-refractivity contribution in [2.75, 3.05) is 17.2 Å². The second-order valence-electron chi connectivity index (χ2n) is 4.21. The molecule has 0 saturated heterocycles. The Balaban J connectivity index is 2.18. The molecular formula is C14H14F2N2OS. The topological polar surface area (TPSA) is 41.1 Å². The first-order valence-electron chi connectivity index (χ1n) is 6.18. The van der Waals surface area contributed by atoms with Crippen molar-refractivity contribution in [2.24, 2.45) is 0 Å². The standard InChI is InChI=1S/C14H14F2N2OS/c1-2-4-17-13-11(15)6-9(7-12(13)16)14(19)18-10-3-5-20-8-10/h3,5-8,17H,2,4H2,1H3,(H,18,19). The molecule has 0 aliphatic rings. The molecule has 1 aromatic heterocycles. The van der Waals surface area contributed by atoms with Crippen LogP contribution in [-0.4, -0.2) is 12.5 Å². The molecule has 20 heavy (non-hydrogen) atoms. The van der Waals surface area contributed by atoms with Gasteiger partial charge in [-0.1, -0.05) is 6.92 Å². The third kappa shape index (κ3) is 3.33. The molecule has 2 rings (SSSR count). The molecule has 0 aliphatic carbocycles. The van der Waals surface area contributed by atoms with Gasteiger partial charge in [0.1, 0.15) is 17.3 Å². The minimum absolute atomic E-state index is 0.0479. The molecule has 2 N–H and O–H groups in total. The third-order valence-corrected chi connectivity index (χ3v) is 3.32. The van der Waals surface area contributed by atoms with Crippen LogP contribution in [0.25, 0.3) is 0 Å². The number of halogens is 2. The molecule has 106 valence electrons. The molecule has 0 spiro atoms.